The molecule has 3 aromatic rings. The highest BCUT2D eigenvalue weighted by Crippen LogP contribution is 2.29. The number of allylic oxidation sites excluding steroid dienone is 1. The summed E-state index contributed by atoms with van der Waals surface area (Å²) in [5.74, 6) is 0.371. The third-order valence-corrected chi connectivity index (χ3v) is 6.58. The number of nitrogens with one attached hydrogen (secondary N) is 1. The van der Waals surface area contributed by atoms with Crippen molar-refractivity contribution in [3.8, 4) is 17.0 Å². The van der Waals surface area contributed by atoms with Gasteiger partial charge in [-0.2, -0.15) is 0 Å². The zero-order chi connectivity index (χ0) is 26.4. The van der Waals surface area contributed by atoms with Crippen molar-refractivity contribution < 1.29 is 13.9 Å². The molecule has 0 atom stereocenters. The highest BCUT2D eigenvalue weighted by molar-refractivity contribution is 5.96. The fraction of sp³-hybridized carbons (Fsp3) is 0.290. The first-order valence-electron chi connectivity index (χ1n) is 12.6. The number of pyridine rings is 1. The van der Waals surface area contributed by atoms with Gasteiger partial charge in [-0.15, -0.1) is 0 Å². The molecule has 5 nitrogen and oxygen atoms in total. The average molecular weight is 500 g/mol. The lowest BCUT2D eigenvalue weighted by molar-refractivity contribution is 0.0865. The van der Waals surface area contributed by atoms with E-state index in [9.17, 15) is 9.18 Å². The Bertz CT molecular complexity index is 1350. The van der Waals surface area contributed by atoms with Crippen LogP contribution < -0.4 is 20.6 Å². The van der Waals surface area contributed by atoms with Gasteiger partial charge in [0.25, 0.3) is 5.91 Å². The molecule has 0 spiro atoms. The van der Waals surface area contributed by atoms with Crippen molar-refractivity contribution >= 4 is 18.6 Å². The molecule has 192 valence electrons. The van der Waals surface area contributed by atoms with Crippen LogP contribution in [0.15, 0.2) is 73.1 Å². The van der Waals surface area contributed by atoms with Crippen LogP contribution in [-0.2, 0) is 6.54 Å². The van der Waals surface area contributed by atoms with Crippen molar-refractivity contribution in [3.05, 3.63) is 94.8 Å². The molecule has 0 aliphatic heterocycles. The minimum atomic E-state index is -0.653. The van der Waals surface area contributed by atoms with Crippen LogP contribution in [0.5, 0.6) is 5.75 Å². The van der Waals surface area contributed by atoms with Crippen LogP contribution in [0.3, 0.4) is 0 Å². The van der Waals surface area contributed by atoms with E-state index in [1.165, 1.54) is 11.6 Å². The number of nitrogens with zero attached hydrogens (tertiary/aromatic N) is 2. The summed E-state index contributed by atoms with van der Waals surface area (Å²) in [5.41, 5.74) is 3.04. The van der Waals surface area contributed by atoms with Crippen LogP contribution in [0.1, 0.15) is 35.7 Å². The Morgan fingerprint density at radius 2 is 1.89 bits per heavy atom. The third kappa shape index (κ3) is 6.92. The summed E-state index contributed by atoms with van der Waals surface area (Å²) in [6, 6.07) is 19.7. The monoisotopic (exact) mass is 499 g/mol. The molecule has 4 rings (SSSR count). The number of hydrogen-bond acceptors (Lipinski definition) is 4. The smallest absolute Gasteiger partial charge is 0.252 e. The Kier molecular flexibility index (Phi) is 8.51. The topological polar surface area (TPSA) is 54.5 Å². The number of ether oxygens (including phenoxy) is 1. The SMILES string of the molecule is C=C(F)/C=c1/c(C(=O)NC2CC(CN(C)Cc3ccccc3)C2)cc(-c2ccc(OCC)cc2)nc1=C. The summed E-state index contributed by atoms with van der Waals surface area (Å²) in [4.78, 5) is 20.2. The number of aromatic nitrogens is 1. The van der Waals surface area contributed by atoms with Gasteiger partial charge in [-0.3, -0.25) is 4.79 Å². The van der Waals surface area contributed by atoms with E-state index in [1.807, 2.05) is 37.3 Å². The number of benzene rings is 2. The standard InChI is InChI=1S/C31H34FN3O2/c1-5-37-27-13-11-25(12-14-27)30-18-29(28(15-21(2)32)22(3)33-30)31(36)34-26-16-24(17-26)20-35(4)19-23-9-7-6-8-10-23/h6-15,18,24,26H,2-3,5,16-17,19-20H2,1,4H3,(H,34,36)/b28-15+. The molecule has 0 bridgehead atoms. The second-order valence-corrected chi connectivity index (χ2v) is 9.65. The molecule has 1 aromatic heterocycles. The van der Waals surface area contributed by atoms with Crippen molar-refractivity contribution in [2.45, 2.75) is 32.4 Å². The largest absolute Gasteiger partial charge is 0.494 e. The Morgan fingerprint density at radius 1 is 1.19 bits per heavy atom. The summed E-state index contributed by atoms with van der Waals surface area (Å²) >= 11 is 0. The number of halogens is 1. The van der Waals surface area contributed by atoms with E-state index in [0.29, 0.717) is 34.3 Å². The fourth-order valence-corrected chi connectivity index (χ4v) is 4.82. The van der Waals surface area contributed by atoms with Crippen molar-refractivity contribution in [2.24, 2.45) is 5.92 Å². The van der Waals surface area contributed by atoms with Crippen molar-refractivity contribution in [1.82, 2.24) is 15.2 Å². The van der Waals surface area contributed by atoms with Gasteiger partial charge in [-0.1, -0.05) is 43.5 Å². The Balaban J connectivity index is 1.45. The molecule has 1 aliphatic rings. The van der Waals surface area contributed by atoms with Gasteiger partial charge in [0.2, 0.25) is 0 Å². The number of amides is 1. The molecule has 0 unspecified atom stereocenters. The summed E-state index contributed by atoms with van der Waals surface area (Å²) < 4.78 is 19.3. The molecule has 1 fully saturated rings. The molecule has 1 aliphatic carbocycles. The molecule has 0 saturated heterocycles. The fourth-order valence-electron chi connectivity index (χ4n) is 4.82. The number of rotatable bonds is 10. The van der Waals surface area contributed by atoms with Crippen LogP contribution in [0.4, 0.5) is 4.39 Å². The van der Waals surface area contributed by atoms with E-state index in [0.717, 1.165) is 37.2 Å². The molecule has 1 N–H and O–H groups in total. The predicted octanol–water partition coefficient (Wildman–Crippen LogP) is 4.46. The first-order chi connectivity index (χ1) is 17.8. The van der Waals surface area contributed by atoms with E-state index >= 15 is 0 Å². The zero-order valence-electron chi connectivity index (χ0n) is 21.5. The number of carbonyl (C=O) groups is 1. The van der Waals surface area contributed by atoms with Gasteiger partial charge in [0.15, 0.2) is 0 Å². The molecule has 1 amide bonds. The Hall–Kier alpha value is -3.77. The van der Waals surface area contributed by atoms with Gasteiger partial charge in [-0.25, -0.2) is 9.37 Å². The Morgan fingerprint density at radius 3 is 2.54 bits per heavy atom. The minimum Gasteiger partial charge on any atom is -0.494 e. The Labute approximate surface area is 218 Å². The molecular weight excluding hydrogens is 465 g/mol. The maximum atomic E-state index is 13.8. The lowest BCUT2D eigenvalue weighted by Crippen LogP contribution is -2.49. The van der Waals surface area contributed by atoms with E-state index in [1.54, 1.807) is 6.07 Å². The summed E-state index contributed by atoms with van der Waals surface area (Å²) in [7, 11) is 2.13. The molecular formula is C31H34FN3O2. The van der Waals surface area contributed by atoms with Crippen LogP contribution in [-0.4, -0.2) is 42.0 Å². The summed E-state index contributed by atoms with van der Waals surface area (Å²) in [6.45, 7) is 11.7. The van der Waals surface area contributed by atoms with E-state index in [4.69, 9.17) is 4.74 Å². The van der Waals surface area contributed by atoms with Crippen molar-refractivity contribution in [2.75, 3.05) is 20.2 Å². The second-order valence-electron chi connectivity index (χ2n) is 9.65. The first kappa shape index (κ1) is 26.3. The lowest BCUT2D eigenvalue weighted by Gasteiger charge is -2.38. The maximum Gasteiger partial charge on any atom is 0.252 e. The molecule has 6 heteroatoms. The van der Waals surface area contributed by atoms with Gasteiger partial charge < -0.3 is 15.0 Å². The van der Waals surface area contributed by atoms with E-state index in [-0.39, 0.29) is 11.9 Å². The van der Waals surface area contributed by atoms with Crippen LogP contribution in [0.2, 0.25) is 0 Å². The van der Waals surface area contributed by atoms with Crippen LogP contribution in [0.25, 0.3) is 23.9 Å². The number of carbonyl (C=O) groups excluding carboxylic acids is 1. The summed E-state index contributed by atoms with van der Waals surface area (Å²) in [5, 5.41) is 3.79. The van der Waals surface area contributed by atoms with E-state index in [2.05, 4.69) is 59.7 Å². The zero-order valence-corrected chi connectivity index (χ0v) is 21.5. The first-order valence-corrected chi connectivity index (χ1v) is 12.6. The second kappa shape index (κ2) is 12.0. The molecule has 1 saturated carbocycles. The molecule has 2 aromatic carbocycles. The van der Waals surface area contributed by atoms with E-state index < -0.39 is 5.83 Å². The van der Waals surface area contributed by atoms with Crippen LogP contribution >= 0.6 is 0 Å². The minimum absolute atomic E-state index is 0.0828. The van der Waals surface area contributed by atoms with Gasteiger partial charge in [0.1, 0.15) is 11.6 Å². The molecule has 0 radical (unpaired) electrons. The van der Waals surface area contributed by atoms with Crippen molar-refractivity contribution in [1.29, 1.82) is 0 Å². The predicted molar refractivity (Wildman–Crippen MR) is 147 cm³/mol. The highest BCUT2D eigenvalue weighted by Gasteiger charge is 2.31. The molecule has 1 heterocycles. The normalized spacial score (nSPS) is 17.4. The van der Waals surface area contributed by atoms with Crippen LogP contribution in [0, 0.1) is 5.92 Å². The quantitative estimate of drug-likeness (QED) is 0.448. The lowest BCUT2D eigenvalue weighted by atomic mass is 9.79. The summed E-state index contributed by atoms with van der Waals surface area (Å²) in [6.07, 6.45) is 3.04. The van der Waals surface area contributed by atoms with Gasteiger partial charge in [0, 0.05) is 29.9 Å². The maximum absolute atomic E-state index is 13.8. The van der Waals surface area contributed by atoms with Gasteiger partial charge in [-0.05, 0) is 74.7 Å². The third-order valence-electron chi connectivity index (χ3n) is 6.58. The average Bonchev–Trinajstić information content (AvgIpc) is 2.84. The van der Waals surface area contributed by atoms with Gasteiger partial charge in [0.05, 0.1) is 23.2 Å². The van der Waals surface area contributed by atoms with Crippen molar-refractivity contribution in [3.63, 3.8) is 0 Å². The number of hydrogen-bond donors (Lipinski definition) is 1. The highest BCUT2D eigenvalue weighted by atomic mass is 19.1. The van der Waals surface area contributed by atoms with Gasteiger partial charge >= 0.3 is 0 Å². The molecule has 37 heavy (non-hydrogen) atoms.